The van der Waals surface area contributed by atoms with Crippen LogP contribution in [0.4, 0.5) is 0 Å². The molecular weight excluding hydrogens is 136 g/mol. The maximum Gasteiger partial charge on any atom is 0.0519 e. The lowest BCUT2D eigenvalue weighted by Crippen LogP contribution is -2.12. The van der Waals surface area contributed by atoms with Crippen molar-refractivity contribution in [1.82, 2.24) is 0 Å². The van der Waals surface area contributed by atoms with Crippen LogP contribution in [-0.4, -0.2) is 12.7 Å². The van der Waals surface area contributed by atoms with Crippen molar-refractivity contribution in [3.05, 3.63) is 0 Å². The van der Waals surface area contributed by atoms with Crippen molar-refractivity contribution in [2.24, 2.45) is 11.8 Å². The molecule has 1 unspecified atom stereocenters. The summed E-state index contributed by atoms with van der Waals surface area (Å²) in [6, 6.07) is 0. The average Bonchev–Trinajstić information content (AvgIpc) is 1.82. The standard InChI is InChI=1S/C10H22O/c1-8(2)6-10(5)7-11-9(3)4/h8-10H,6-7H2,1-5H3. The molecule has 0 aromatic carbocycles. The molecule has 68 valence electrons. The number of hydrogen-bond acceptors (Lipinski definition) is 1. The second-order valence-corrected chi connectivity index (χ2v) is 4.12. The van der Waals surface area contributed by atoms with Crippen molar-refractivity contribution >= 4 is 0 Å². The monoisotopic (exact) mass is 158 g/mol. The third-order valence-electron chi connectivity index (χ3n) is 1.59. The van der Waals surface area contributed by atoms with Gasteiger partial charge in [0.1, 0.15) is 0 Å². The zero-order chi connectivity index (χ0) is 8.85. The Hall–Kier alpha value is -0.0400. The lowest BCUT2D eigenvalue weighted by molar-refractivity contribution is 0.0504. The molecule has 1 nitrogen and oxygen atoms in total. The highest BCUT2D eigenvalue weighted by molar-refractivity contribution is 4.55. The van der Waals surface area contributed by atoms with E-state index in [4.69, 9.17) is 4.74 Å². The Balaban J connectivity index is 3.29. The first-order valence-electron chi connectivity index (χ1n) is 4.64. The Morgan fingerprint density at radius 2 is 1.55 bits per heavy atom. The molecule has 11 heavy (non-hydrogen) atoms. The molecule has 0 spiro atoms. The van der Waals surface area contributed by atoms with Crippen LogP contribution in [0, 0.1) is 11.8 Å². The lowest BCUT2D eigenvalue weighted by Gasteiger charge is -2.15. The summed E-state index contributed by atoms with van der Waals surface area (Å²) >= 11 is 0. The molecule has 0 amide bonds. The van der Waals surface area contributed by atoms with E-state index in [1.807, 2.05) is 0 Å². The third kappa shape index (κ3) is 7.86. The zero-order valence-corrected chi connectivity index (χ0v) is 8.55. The van der Waals surface area contributed by atoms with E-state index >= 15 is 0 Å². The smallest absolute Gasteiger partial charge is 0.0519 e. The van der Waals surface area contributed by atoms with Crippen LogP contribution in [0.2, 0.25) is 0 Å². The molecule has 0 aliphatic rings. The molecular formula is C10H22O. The van der Waals surface area contributed by atoms with Gasteiger partial charge in [-0.15, -0.1) is 0 Å². The van der Waals surface area contributed by atoms with Gasteiger partial charge in [-0.05, 0) is 32.1 Å². The van der Waals surface area contributed by atoms with Gasteiger partial charge in [-0.1, -0.05) is 20.8 Å². The van der Waals surface area contributed by atoms with Gasteiger partial charge in [0.05, 0.1) is 6.10 Å². The van der Waals surface area contributed by atoms with E-state index < -0.39 is 0 Å². The van der Waals surface area contributed by atoms with Gasteiger partial charge in [0.25, 0.3) is 0 Å². The maximum atomic E-state index is 5.50. The van der Waals surface area contributed by atoms with E-state index in [-0.39, 0.29) is 0 Å². The number of hydrogen-bond donors (Lipinski definition) is 0. The predicted octanol–water partition coefficient (Wildman–Crippen LogP) is 3.09. The Labute approximate surface area is 71.1 Å². The molecule has 0 bridgehead atoms. The van der Waals surface area contributed by atoms with E-state index in [1.54, 1.807) is 0 Å². The van der Waals surface area contributed by atoms with E-state index in [0.29, 0.717) is 12.0 Å². The van der Waals surface area contributed by atoms with Crippen molar-refractivity contribution in [2.75, 3.05) is 6.61 Å². The molecule has 0 aliphatic carbocycles. The van der Waals surface area contributed by atoms with Crippen LogP contribution in [0.3, 0.4) is 0 Å². The van der Waals surface area contributed by atoms with Crippen LogP contribution in [0.1, 0.15) is 41.0 Å². The van der Waals surface area contributed by atoms with Crippen LogP contribution in [0.15, 0.2) is 0 Å². The molecule has 0 aliphatic heterocycles. The second-order valence-electron chi connectivity index (χ2n) is 4.12. The van der Waals surface area contributed by atoms with Crippen LogP contribution in [-0.2, 0) is 4.74 Å². The topological polar surface area (TPSA) is 9.23 Å². The fourth-order valence-corrected chi connectivity index (χ4v) is 1.23. The predicted molar refractivity (Wildman–Crippen MR) is 49.7 cm³/mol. The van der Waals surface area contributed by atoms with Crippen molar-refractivity contribution in [1.29, 1.82) is 0 Å². The minimum absolute atomic E-state index is 0.379. The molecule has 0 aromatic rings. The Morgan fingerprint density at radius 1 is 1.00 bits per heavy atom. The van der Waals surface area contributed by atoms with Gasteiger partial charge < -0.3 is 4.74 Å². The summed E-state index contributed by atoms with van der Waals surface area (Å²) in [6.45, 7) is 11.8. The molecule has 0 saturated heterocycles. The summed E-state index contributed by atoms with van der Waals surface area (Å²) < 4.78 is 5.50. The van der Waals surface area contributed by atoms with Crippen LogP contribution >= 0.6 is 0 Å². The highest BCUT2D eigenvalue weighted by atomic mass is 16.5. The molecule has 0 N–H and O–H groups in total. The van der Waals surface area contributed by atoms with Gasteiger partial charge in [0.2, 0.25) is 0 Å². The molecule has 0 saturated carbocycles. The Kier molecular flexibility index (Phi) is 5.57. The first-order chi connectivity index (χ1) is 5.02. The summed E-state index contributed by atoms with van der Waals surface area (Å²) in [5.41, 5.74) is 0. The first kappa shape index (κ1) is 11.0. The van der Waals surface area contributed by atoms with Crippen molar-refractivity contribution in [3.8, 4) is 0 Å². The van der Waals surface area contributed by atoms with Gasteiger partial charge in [-0.25, -0.2) is 0 Å². The van der Waals surface area contributed by atoms with Crippen LogP contribution in [0.5, 0.6) is 0 Å². The minimum atomic E-state index is 0.379. The fraction of sp³-hybridized carbons (Fsp3) is 1.00. The van der Waals surface area contributed by atoms with E-state index in [9.17, 15) is 0 Å². The highest BCUT2D eigenvalue weighted by Crippen LogP contribution is 2.11. The molecule has 0 fully saturated rings. The molecule has 0 rings (SSSR count). The molecule has 0 aromatic heterocycles. The minimum Gasteiger partial charge on any atom is -0.379 e. The van der Waals surface area contributed by atoms with Crippen LogP contribution in [0.25, 0.3) is 0 Å². The van der Waals surface area contributed by atoms with Crippen molar-refractivity contribution in [2.45, 2.75) is 47.1 Å². The SMILES string of the molecule is CC(C)CC(C)COC(C)C. The highest BCUT2D eigenvalue weighted by Gasteiger charge is 2.05. The van der Waals surface area contributed by atoms with E-state index in [1.165, 1.54) is 6.42 Å². The lowest BCUT2D eigenvalue weighted by atomic mass is 10.00. The molecule has 0 heterocycles. The normalized spacial score (nSPS) is 14.5. The number of rotatable bonds is 5. The fourth-order valence-electron chi connectivity index (χ4n) is 1.23. The molecule has 1 atom stereocenters. The van der Waals surface area contributed by atoms with Crippen molar-refractivity contribution < 1.29 is 4.74 Å². The first-order valence-corrected chi connectivity index (χ1v) is 4.64. The van der Waals surface area contributed by atoms with Crippen LogP contribution < -0.4 is 0 Å². The maximum absolute atomic E-state index is 5.50. The zero-order valence-electron chi connectivity index (χ0n) is 8.55. The summed E-state index contributed by atoms with van der Waals surface area (Å²) in [5, 5.41) is 0. The summed E-state index contributed by atoms with van der Waals surface area (Å²) in [6.07, 6.45) is 1.65. The van der Waals surface area contributed by atoms with Gasteiger partial charge >= 0.3 is 0 Å². The second kappa shape index (κ2) is 5.59. The average molecular weight is 158 g/mol. The summed E-state index contributed by atoms with van der Waals surface area (Å²) in [7, 11) is 0. The summed E-state index contributed by atoms with van der Waals surface area (Å²) in [5.74, 6) is 1.50. The van der Waals surface area contributed by atoms with E-state index in [0.717, 1.165) is 12.5 Å². The largest absolute Gasteiger partial charge is 0.379 e. The quantitative estimate of drug-likeness (QED) is 0.597. The van der Waals surface area contributed by atoms with E-state index in [2.05, 4.69) is 34.6 Å². The van der Waals surface area contributed by atoms with Gasteiger partial charge in [0, 0.05) is 6.61 Å². The number of ether oxygens (including phenoxy) is 1. The van der Waals surface area contributed by atoms with Gasteiger partial charge in [-0.2, -0.15) is 0 Å². The Bertz CT molecular complexity index is 86.9. The summed E-state index contributed by atoms with van der Waals surface area (Å²) in [4.78, 5) is 0. The van der Waals surface area contributed by atoms with Crippen molar-refractivity contribution in [3.63, 3.8) is 0 Å². The molecule has 1 heteroatoms. The third-order valence-corrected chi connectivity index (χ3v) is 1.59. The Morgan fingerprint density at radius 3 is 1.91 bits per heavy atom. The molecule has 0 radical (unpaired) electrons. The van der Waals surface area contributed by atoms with Gasteiger partial charge in [-0.3, -0.25) is 0 Å². The van der Waals surface area contributed by atoms with Gasteiger partial charge in [0.15, 0.2) is 0 Å².